The van der Waals surface area contributed by atoms with Gasteiger partial charge in [-0.05, 0) is 62.6 Å². The number of aryl methyl sites for hydroxylation is 1. The first-order valence-corrected chi connectivity index (χ1v) is 8.53. The van der Waals surface area contributed by atoms with E-state index in [1.54, 1.807) is 12.1 Å². The summed E-state index contributed by atoms with van der Waals surface area (Å²) in [5, 5.41) is 24.8. The standard InChI is InChI=1S/C18H28N2O3/c1-13(5-6-14-7-9-16(21)10-8-14)20-18(23)19-12-15-3-2-4-17(22)11-15/h7-10,13,15,17,21-22H,2-6,11-12H2,1H3,(H2,19,20,23). The molecule has 0 bridgehead atoms. The summed E-state index contributed by atoms with van der Waals surface area (Å²) in [5.41, 5.74) is 1.15. The van der Waals surface area contributed by atoms with E-state index in [9.17, 15) is 15.0 Å². The number of aliphatic hydroxyl groups is 1. The fraction of sp³-hybridized carbons (Fsp3) is 0.611. The Morgan fingerprint density at radius 1 is 1.30 bits per heavy atom. The van der Waals surface area contributed by atoms with Gasteiger partial charge in [0.25, 0.3) is 0 Å². The third-order valence-electron chi connectivity index (χ3n) is 4.49. The smallest absolute Gasteiger partial charge is 0.315 e. The first-order valence-electron chi connectivity index (χ1n) is 8.53. The van der Waals surface area contributed by atoms with Crippen molar-refractivity contribution >= 4 is 6.03 Å². The van der Waals surface area contributed by atoms with Gasteiger partial charge < -0.3 is 20.8 Å². The van der Waals surface area contributed by atoms with Gasteiger partial charge in [0.1, 0.15) is 5.75 Å². The molecule has 2 amide bonds. The van der Waals surface area contributed by atoms with Crippen molar-refractivity contribution in [2.24, 2.45) is 5.92 Å². The van der Waals surface area contributed by atoms with Crippen molar-refractivity contribution in [3.8, 4) is 5.75 Å². The van der Waals surface area contributed by atoms with Gasteiger partial charge in [0.05, 0.1) is 6.10 Å². The predicted octanol–water partition coefficient (Wildman–Crippen LogP) is 2.56. The summed E-state index contributed by atoms with van der Waals surface area (Å²) >= 11 is 0. The van der Waals surface area contributed by atoms with Gasteiger partial charge in [-0.1, -0.05) is 18.6 Å². The molecule has 2 rings (SSSR count). The minimum atomic E-state index is -0.206. The molecule has 1 aliphatic carbocycles. The highest BCUT2D eigenvalue weighted by atomic mass is 16.3. The molecule has 0 heterocycles. The molecule has 0 saturated heterocycles. The highest BCUT2D eigenvalue weighted by Gasteiger charge is 2.20. The Labute approximate surface area is 138 Å². The molecule has 1 aromatic carbocycles. The van der Waals surface area contributed by atoms with Crippen molar-refractivity contribution in [2.75, 3.05) is 6.54 Å². The highest BCUT2D eigenvalue weighted by Crippen LogP contribution is 2.23. The number of aromatic hydroxyl groups is 1. The van der Waals surface area contributed by atoms with E-state index in [1.807, 2.05) is 19.1 Å². The lowest BCUT2D eigenvalue weighted by Crippen LogP contribution is -2.43. The van der Waals surface area contributed by atoms with Crippen LogP contribution in [-0.4, -0.2) is 34.9 Å². The second-order valence-corrected chi connectivity index (χ2v) is 6.65. The van der Waals surface area contributed by atoms with Crippen LogP contribution in [0.4, 0.5) is 4.79 Å². The van der Waals surface area contributed by atoms with Crippen LogP contribution in [0.2, 0.25) is 0 Å². The largest absolute Gasteiger partial charge is 0.508 e. The van der Waals surface area contributed by atoms with E-state index >= 15 is 0 Å². The van der Waals surface area contributed by atoms with Gasteiger partial charge in [0, 0.05) is 12.6 Å². The number of hydrogen-bond donors (Lipinski definition) is 4. The Morgan fingerprint density at radius 2 is 2.04 bits per heavy atom. The van der Waals surface area contributed by atoms with Crippen LogP contribution in [0.5, 0.6) is 5.75 Å². The quantitative estimate of drug-likeness (QED) is 0.650. The van der Waals surface area contributed by atoms with E-state index < -0.39 is 0 Å². The molecule has 4 N–H and O–H groups in total. The molecule has 1 saturated carbocycles. The molecular formula is C18H28N2O3. The summed E-state index contributed by atoms with van der Waals surface area (Å²) in [6.07, 6.45) is 5.29. The molecule has 3 atom stereocenters. The van der Waals surface area contributed by atoms with Crippen molar-refractivity contribution in [3.05, 3.63) is 29.8 Å². The van der Waals surface area contributed by atoms with Gasteiger partial charge >= 0.3 is 6.03 Å². The minimum Gasteiger partial charge on any atom is -0.508 e. The molecular weight excluding hydrogens is 292 g/mol. The van der Waals surface area contributed by atoms with Crippen LogP contribution in [0, 0.1) is 5.92 Å². The summed E-state index contributed by atoms with van der Waals surface area (Å²) in [6.45, 7) is 2.62. The van der Waals surface area contributed by atoms with E-state index in [-0.39, 0.29) is 23.9 Å². The molecule has 5 nitrogen and oxygen atoms in total. The Bertz CT molecular complexity index is 490. The van der Waals surface area contributed by atoms with Crippen molar-refractivity contribution in [1.29, 1.82) is 0 Å². The zero-order chi connectivity index (χ0) is 16.7. The fourth-order valence-electron chi connectivity index (χ4n) is 3.08. The SMILES string of the molecule is CC(CCc1ccc(O)cc1)NC(=O)NCC1CCCC(O)C1. The number of rotatable bonds is 6. The summed E-state index contributed by atoms with van der Waals surface area (Å²) in [6, 6.07) is 7.11. The number of aliphatic hydroxyl groups excluding tert-OH is 1. The van der Waals surface area contributed by atoms with E-state index in [2.05, 4.69) is 10.6 Å². The third kappa shape index (κ3) is 6.48. The first kappa shape index (κ1) is 17.6. The van der Waals surface area contributed by atoms with Crippen LogP contribution in [0.25, 0.3) is 0 Å². The van der Waals surface area contributed by atoms with Gasteiger partial charge in [0.2, 0.25) is 0 Å². The molecule has 3 unspecified atom stereocenters. The van der Waals surface area contributed by atoms with Crippen molar-refractivity contribution in [3.63, 3.8) is 0 Å². The molecule has 128 valence electrons. The van der Waals surface area contributed by atoms with Crippen molar-refractivity contribution < 1.29 is 15.0 Å². The number of phenolic OH excluding ortho intramolecular Hbond substituents is 1. The number of amides is 2. The van der Waals surface area contributed by atoms with E-state index in [0.717, 1.165) is 44.1 Å². The monoisotopic (exact) mass is 320 g/mol. The lowest BCUT2D eigenvalue weighted by molar-refractivity contribution is 0.101. The average molecular weight is 320 g/mol. The Morgan fingerprint density at radius 3 is 2.74 bits per heavy atom. The molecule has 0 spiro atoms. The topological polar surface area (TPSA) is 81.6 Å². The van der Waals surface area contributed by atoms with Crippen molar-refractivity contribution in [1.82, 2.24) is 10.6 Å². The Balaban J connectivity index is 1.63. The number of carbonyl (C=O) groups is 1. The Hall–Kier alpha value is -1.75. The summed E-state index contributed by atoms with van der Waals surface area (Å²) in [5.74, 6) is 0.656. The third-order valence-corrected chi connectivity index (χ3v) is 4.49. The normalized spacial score (nSPS) is 22.3. The highest BCUT2D eigenvalue weighted by molar-refractivity contribution is 5.74. The maximum Gasteiger partial charge on any atom is 0.315 e. The van der Waals surface area contributed by atoms with E-state index in [0.29, 0.717) is 12.5 Å². The molecule has 1 fully saturated rings. The second kappa shape index (κ2) is 8.77. The van der Waals surface area contributed by atoms with Gasteiger partial charge in [-0.15, -0.1) is 0 Å². The van der Waals surface area contributed by atoms with Gasteiger partial charge in [-0.25, -0.2) is 4.79 Å². The maximum atomic E-state index is 11.9. The minimum absolute atomic E-state index is 0.0840. The summed E-state index contributed by atoms with van der Waals surface area (Å²) in [4.78, 5) is 11.9. The maximum absolute atomic E-state index is 11.9. The molecule has 0 radical (unpaired) electrons. The van der Waals surface area contributed by atoms with Crippen LogP contribution < -0.4 is 10.6 Å². The van der Waals surface area contributed by atoms with Gasteiger partial charge in [-0.3, -0.25) is 0 Å². The van der Waals surface area contributed by atoms with Gasteiger partial charge in [0.15, 0.2) is 0 Å². The molecule has 1 aliphatic rings. The van der Waals surface area contributed by atoms with Crippen LogP contribution in [-0.2, 0) is 6.42 Å². The molecule has 5 heteroatoms. The Kier molecular flexibility index (Phi) is 6.71. The van der Waals surface area contributed by atoms with Crippen LogP contribution in [0.1, 0.15) is 44.6 Å². The predicted molar refractivity (Wildman–Crippen MR) is 90.4 cm³/mol. The number of urea groups is 1. The van der Waals surface area contributed by atoms with Gasteiger partial charge in [-0.2, -0.15) is 0 Å². The molecule has 0 aliphatic heterocycles. The molecule has 1 aromatic rings. The van der Waals surface area contributed by atoms with Crippen LogP contribution in [0.15, 0.2) is 24.3 Å². The lowest BCUT2D eigenvalue weighted by atomic mass is 9.87. The number of hydrogen-bond acceptors (Lipinski definition) is 3. The number of carbonyl (C=O) groups excluding carboxylic acids is 1. The zero-order valence-electron chi connectivity index (χ0n) is 13.8. The number of benzene rings is 1. The average Bonchev–Trinajstić information content (AvgIpc) is 2.52. The molecule has 23 heavy (non-hydrogen) atoms. The second-order valence-electron chi connectivity index (χ2n) is 6.65. The molecule has 0 aromatic heterocycles. The fourth-order valence-corrected chi connectivity index (χ4v) is 3.08. The number of nitrogens with one attached hydrogen (secondary N) is 2. The number of phenols is 1. The summed E-state index contributed by atoms with van der Waals surface area (Å²) in [7, 11) is 0. The van der Waals surface area contributed by atoms with Crippen LogP contribution >= 0.6 is 0 Å². The van der Waals surface area contributed by atoms with E-state index in [1.165, 1.54) is 0 Å². The lowest BCUT2D eigenvalue weighted by Gasteiger charge is -2.26. The van der Waals surface area contributed by atoms with E-state index in [4.69, 9.17) is 0 Å². The first-order chi connectivity index (χ1) is 11.0. The zero-order valence-corrected chi connectivity index (χ0v) is 13.8. The van der Waals surface area contributed by atoms with Crippen LogP contribution in [0.3, 0.4) is 0 Å². The van der Waals surface area contributed by atoms with Crippen molar-refractivity contribution in [2.45, 2.75) is 57.6 Å². The summed E-state index contributed by atoms with van der Waals surface area (Å²) < 4.78 is 0.